The minimum atomic E-state index is -0.246. The van der Waals surface area contributed by atoms with Crippen molar-refractivity contribution in [2.24, 2.45) is 5.92 Å². The van der Waals surface area contributed by atoms with Gasteiger partial charge in [0.05, 0.1) is 6.61 Å². The molecule has 1 aliphatic rings. The highest BCUT2D eigenvalue weighted by atomic mass is 16.5. The summed E-state index contributed by atoms with van der Waals surface area (Å²) in [5.41, 5.74) is 0. The summed E-state index contributed by atoms with van der Waals surface area (Å²) in [5, 5.41) is 3.22. The van der Waals surface area contributed by atoms with Gasteiger partial charge in [-0.25, -0.2) is 0 Å². The number of ether oxygens (including phenoxy) is 3. The van der Waals surface area contributed by atoms with E-state index in [4.69, 9.17) is 14.2 Å². The first kappa shape index (κ1) is 17.4. The minimum Gasteiger partial charge on any atom is -0.465 e. The molecule has 1 atom stereocenters. The highest BCUT2D eigenvalue weighted by molar-refractivity contribution is 5.75. The molecule has 1 fully saturated rings. The standard InChI is InChI=1S/C15H29NO4/c1-3-8-16-14(15(17)20-4-2)7-11-19-12-13-5-9-18-10-6-13/h13-14,16H,3-12H2,1-2H3. The molecule has 1 heterocycles. The predicted octanol–water partition coefficient (Wildman–Crippen LogP) is 1.75. The molecule has 20 heavy (non-hydrogen) atoms. The zero-order valence-electron chi connectivity index (χ0n) is 12.9. The Labute approximate surface area is 122 Å². The quantitative estimate of drug-likeness (QED) is 0.490. The van der Waals surface area contributed by atoms with Gasteiger partial charge in [-0.05, 0) is 45.1 Å². The van der Waals surface area contributed by atoms with Crippen molar-refractivity contribution in [3.05, 3.63) is 0 Å². The van der Waals surface area contributed by atoms with Crippen LogP contribution in [-0.4, -0.2) is 51.6 Å². The molecule has 1 aliphatic heterocycles. The van der Waals surface area contributed by atoms with E-state index in [-0.39, 0.29) is 12.0 Å². The van der Waals surface area contributed by atoms with Crippen molar-refractivity contribution in [1.82, 2.24) is 5.32 Å². The number of hydrogen-bond donors (Lipinski definition) is 1. The third-order valence-electron chi connectivity index (χ3n) is 3.46. The number of carbonyl (C=O) groups is 1. The Morgan fingerprint density at radius 1 is 1.35 bits per heavy atom. The first-order chi connectivity index (χ1) is 9.77. The van der Waals surface area contributed by atoms with Gasteiger partial charge in [-0.2, -0.15) is 0 Å². The molecule has 0 spiro atoms. The van der Waals surface area contributed by atoms with Crippen molar-refractivity contribution in [2.45, 2.75) is 45.6 Å². The fourth-order valence-electron chi connectivity index (χ4n) is 2.23. The second-order valence-electron chi connectivity index (χ2n) is 5.18. The topological polar surface area (TPSA) is 56.8 Å². The van der Waals surface area contributed by atoms with Crippen LogP contribution in [0.1, 0.15) is 39.5 Å². The van der Waals surface area contributed by atoms with E-state index >= 15 is 0 Å². The van der Waals surface area contributed by atoms with Gasteiger partial charge in [0.1, 0.15) is 6.04 Å². The molecule has 0 saturated carbocycles. The maximum absolute atomic E-state index is 11.8. The Morgan fingerprint density at radius 3 is 2.75 bits per heavy atom. The zero-order chi connectivity index (χ0) is 14.6. The lowest BCUT2D eigenvalue weighted by atomic mass is 10.0. The van der Waals surface area contributed by atoms with Gasteiger partial charge < -0.3 is 19.5 Å². The summed E-state index contributed by atoms with van der Waals surface area (Å²) in [7, 11) is 0. The average Bonchev–Trinajstić information content (AvgIpc) is 2.47. The maximum Gasteiger partial charge on any atom is 0.323 e. The maximum atomic E-state index is 11.8. The smallest absolute Gasteiger partial charge is 0.323 e. The van der Waals surface area contributed by atoms with Gasteiger partial charge in [-0.3, -0.25) is 4.79 Å². The monoisotopic (exact) mass is 287 g/mol. The normalized spacial score (nSPS) is 17.9. The fraction of sp³-hybridized carbons (Fsp3) is 0.933. The van der Waals surface area contributed by atoms with Crippen molar-refractivity contribution in [2.75, 3.05) is 39.6 Å². The molecule has 5 nitrogen and oxygen atoms in total. The van der Waals surface area contributed by atoms with Gasteiger partial charge >= 0.3 is 5.97 Å². The van der Waals surface area contributed by atoms with Gasteiger partial charge in [0.15, 0.2) is 0 Å². The molecule has 118 valence electrons. The Hall–Kier alpha value is -0.650. The van der Waals surface area contributed by atoms with Crippen molar-refractivity contribution < 1.29 is 19.0 Å². The van der Waals surface area contributed by atoms with E-state index in [1.54, 1.807) is 0 Å². The molecule has 1 N–H and O–H groups in total. The number of esters is 1. The molecule has 0 aromatic heterocycles. The highest BCUT2D eigenvalue weighted by Gasteiger charge is 2.19. The molecule has 0 bridgehead atoms. The van der Waals surface area contributed by atoms with Crippen LogP contribution in [0.4, 0.5) is 0 Å². The lowest BCUT2D eigenvalue weighted by molar-refractivity contribution is -0.146. The third kappa shape index (κ3) is 7.22. The number of nitrogens with one attached hydrogen (secondary N) is 1. The summed E-state index contributed by atoms with van der Waals surface area (Å²) in [4.78, 5) is 11.8. The van der Waals surface area contributed by atoms with E-state index in [9.17, 15) is 4.79 Å². The zero-order valence-corrected chi connectivity index (χ0v) is 12.9. The number of rotatable bonds is 10. The summed E-state index contributed by atoms with van der Waals surface area (Å²) in [6.07, 6.45) is 3.83. The third-order valence-corrected chi connectivity index (χ3v) is 3.46. The molecule has 1 unspecified atom stereocenters. The van der Waals surface area contributed by atoms with Gasteiger partial charge in [0.2, 0.25) is 0 Å². The molecule has 5 heteroatoms. The van der Waals surface area contributed by atoms with Gasteiger partial charge in [0.25, 0.3) is 0 Å². The molecule has 1 saturated heterocycles. The molecule has 0 aliphatic carbocycles. The van der Waals surface area contributed by atoms with Crippen LogP contribution in [0, 0.1) is 5.92 Å². The molecular formula is C15H29NO4. The van der Waals surface area contributed by atoms with Crippen LogP contribution in [0.3, 0.4) is 0 Å². The first-order valence-corrected chi connectivity index (χ1v) is 7.83. The van der Waals surface area contributed by atoms with E-state index in [2.05, 4.69) is 12.2 Å². The largest absolute Gasteiger partial charge is 0.465 e. The molecule has 0 amide bonds. The van der Waals surface area contributed by atoms with Crippen LogP contribution in [0.2, 0.25) is 0 Å². The first-order valence-electron chi connectivity index (χ1n) is 7.83. The van der Waals surface area contributed by atoms with Crippen molar-refractivity contribution >= 4 is 5.97 Å². The lowest BCUT2D eigenvalue weighted by Crippen LogP contribution is -2.39. The predicted molar refractivity (Wildman–Crippen MR) is 77.7 cm³/mol. The lowest BCUT2D eigenvalue weighted by Gasteiger charge is -2.22. The van der Waals surface area contributed by atoms with Crippen molar-refractivity contribution in [1.29, 1.82) is 0 Å². The fourth-order valence-corrected chi connectivity index (χ4v) is 2.23. The van der Waals surface area contributed by atoms with Gasteiger partial charge in [0, 0.05) is 26.4 Å². The molecule has 0 aromatic carbocycles. The summed E-state index contributed by atoms with van der Waals surface area (Å²) in [5.74, 6) is 0.434. The highest BCUT2D eigenvalue weighted by Crippen LogP contribution is 2.14. The summed E-state index contributed by atoms with van der Waals surface area (Å²) in [6, 6.07) is -0.246. The van der Waals surface area contributed by atoms with Gasteiger partial charge in [-0.15, -0.1) is 0 Å². The SMILES string of the molecule is CCCNC(CCOCC1CCOCC1)C(=O)OCC. The van der Waals surface area contributed by atoms with Crippen LogP contribution in [0.15, 0.2) is 0 Å². The molecule has 1 rings (SSSR count). The van der Waals surface area contributed by atoms with Crippen LogP contribution in [0.25, 0.3) is 0 Å². The number of carbonyl (C=O) groups excluding carboxylic acids is 1. The Bertz CT molecular complexity index is 254. The van der Waals surface area contributed by atoms with Crippen molar-refractivity contribution in [3.8, 4) is 0 Å². The molecular weight excluding hydrogens is 258 g/mol. The number of hydrogen-bond acceptors (Lipinski definition) is 5. The van der Waals surface area contributed by atoms with Crippen LogP contribution in [0.5, 0.6) is 0 Å². The minimum absolute atomic E-state index is 0.171. The van der Waals surface area contributed by atoms with E-state index in [1.807, 2.05) is 6.92 Å². The van der Waals surface area contributed by atoms with Crippen molar-refractivity contribution in [3.63, 3.8) is 0 Å². The van der Waals surface area contributed by atoms with E-state index in [1.165, 1.54) is 0 Å². The summed E-state index contributed by atoms with van der Waals surface area (Å²) < 4.78 is 16.1. The van der Waals surface area contributed by atoms with Crippen LogP contribution < -0.4 is 5.32 Å². The average molecular weight is 287 g/mol. The van der Waals surface area contributed by atoms with Crippen LogP contribution >= 0.6 is 0 Å². The van der Waals surface area contributed by atoms with E-state index in [0.717, 1.165) is 45.6 Å². The summed E-state index contributed by atoms with van der Waals surface area (Å²) >= 11 is 0. The second kappa shape index (κ2) is 11.1. The molecule has 0 aromatic rings. The van der Waals surface area contributed by atoms with Gasteiger partial charge in [-0.1, -0.05) is 6.92 Å². The Balaban J connectivity index is 2.17. The molecule has 0 radical (unpaired) electrons. The Morgan fingerprint density at radius 2 is 2.10 bits per heavy atom. The second-order valence-corrected chi connectivity index (χ2v) is 5.18. The Kier molecular flexibility index (Phi) is 9.62. The van der Waals surface area contributed by atoms with Crippen LogP contribution in [-0.2, 0) is 19.0 Å². The van der Waals surface area contributed by atoms with E-state index < -0.39 is 0 Å². The summed E-state index contributed by atoms with van der Waals surface area (Å²) in [6.45, 7) is 8.21. The van der Waals surface area contributed by atoms with E-state index in [0.29, 0.717) is 25.6 Å².